The number of nitrogens with zero attached hydrogens (tertiary/aromatic N) is 1. The molecule has 0 saturated heterocycles. The van der Waals surface area contributed by atoms with Crippen molar-refractivity contribution in [1.82, 2.24) is 9.88 Å². The number of benzene rings is 1. The quantitative estimate of drug-likeness (QED) is 0.875. The minimum absolute atomic E-state index is 0.104. The van der Waals surface area contributed by atoms with Crippen molar-refractivity contribution in [1.29, 1.82) is 0 Å². The summed E-state index contributed by atoms with van der Waals surface area (Å²) in [6, 6.07) is 12.2. The molecule has 3 heteroatoms. The van der Waals surface area contributed by atoms with E-state index in [-0.39, 0.29) is 5.56 Å². The topological polar surface area (TPSA) is 34.0 Å². The number of fused-ring (bicyclic) bond motifs is 1. The van der Waals surface area contributed by atoms with Crippen LogP contribution in [-0.4, -0.2) is 17.2 Å². The molecule has 1 unspecified atom stereocenters. The normalized spacial score (nSPS) is 16.4. The zero-order chi connectivity index (χ0) is 13.9. The molecule has 1 saturated carbocycles. The highest BCUT2D eigenvalue weighted by Gasteiger charge is 2.31. The Balaban J connectivity index is 1.92. The van der Waals surface area contributed by atoms with Gasteiger partial charge in [-0.25, -0.2) is 0 Å². The Bertz CT molecular complexity index is 643. The van der Waals surface area contributed by atoms with Crippen molar-refractivity contribution in [3.8, 4) is 0 Å². The highest BCUT2D eigenvalue weighted by Crippen LogP contribution is 2.33. The first-order valence-electron chi connectivity index (χ1n) is 7.61. The molecule has 20 heavy (non-hydrogen) atoms. The van der Waals surface area contributed by atoms with Gasteiger partial charge in [-0.1, -0.05) is 25.1 Å². The van der Waals surface area contributed by atoms with Crippen LogP contribution < -0.4 is 10.9 Å². The molecule has 1 N–H and O–H groups in total. The van der Waals surface area contributed by atoms with Crippen LogP contribution in [0.2, 0.25) is 0 Å². The number of hydrogen-bond donors (Lipinski definition) is 1. The number of hydrogen-bond acceptors (Lipinski definition) is 2. The largest absolute Gasteiger partial charge is 0.312 e. The predicted molar refractivity (Wildman–Crippen MR) is 83.0 cm³/mol. The van der Waals surface area contributed by atoms with Crippen molar-refractivity contribution in [2.75, 3.05) is 6.54 Å². The third-order valence-corrected chi connectivity index (χ3v) is 4.13. The summed E-state index contributed by atoms with van der Waals surface area (Å²) in [5.41, 5.74) is 1.15. The van der Waals surface area contributed by atoms with Gasteiger partial charge in [0.2, 0.25) is 0 Å². The SMILES string of the molecule is CCCNC(Cn1c(=O)ccc2ccccc21)C1CC1. The monoisotopic (exact) mass is 270 g/mol. The van der Waals surface area contributed by atoms with Gasteiger partial charge in [-0.3, -0.25) is 4.79 Å². The van der Waals surface area contributed by atoms with Gasteiger partial charge in [0, 0.05) is 18.7 Å². The van der Waals surface area contributed by atoms with Gasteiger partial charge in [0.25, 0.3) is 5.56 Å². The lowest BCUT2D eigenvalue weighted by Gasteiger charge is -2.20. The second kappa shape index (κ2) is 5.80. The summed E-state index contributed by atoms with van der Waals surface area (Å²) in [6.45, 7) is 3.99. The Hall–Kier alpha value is -1.61. The third-order valence-electron chi connectivity index (χ3n) is 4.13. The maximum Gasteiger partial charge on any atom is 0.251 e. The molecule has 3 rings (SSSR count). The van der Waals surface area contributed by atoms with Gasteiger partial charge >= 0.3 is 0 Å². The second-order valence-corrected chi connectivity index (χ2v) is 5.74. The molecule has 1 aromatic carbocycles. The van der Waals surface area contributed by atoms with E-state index >= 15 is 0 Å². The van der Waals surface area contributed by atoms with Crippen molar-refractivity contribution in [3.05, 3.63) is 46.8 Å². The van der Waals surface area contributed by atoms with Crippen molar-refractivity contribution in [2.45, 2.75) is 38.8 Å². The summed E-state index contributed by atoms with van der Waals surface area (Å²) >= 11 is 0. The van der Waals surface area contributed by atoms with Gasteiger partial charge < -0.3 is 9.88 Å². The molecule has 0 spiro atoms. The maximum absolute atomic E-state index is 12.2. The first kappa shape index (κ1) is 13.4. The number of aromatic nitrogens is 1. The fourth-order valence-electron chi connectivity index (χ4n) is 2.84. The van der Waals surface area contributed by atoms with Crippen LogP contribution >= 0.6 is 0 Å². The van der Waals surface area contributed by atoms with Crippen LogP contribution in [0.4, 0.5) is 0 Å². The third kappa shape index (κ3) is 2.78. The molecule has 2 aromatic rings. The molecule has 0 radical (unpaired) electrons. The van der Waals surface area contributed by atoms with Crippen molar-refractivity contribution >= 4 is 10.9 Å². The van der Waals surface area contributed by atoms with Crippen LogP contribution in [0.1, 0.15) is 26.2 Å². The first-order valence-corrected chi connectivity index (χ1v) is 7.61. The molecule has 106 valence electrons. The number of nitrogens with one attached hydrogen (secondary N) is 1. The molecule has 3 nitrogen and oxygen atoms in total. The summed E-state index contributed by atoms with van der Waals surface area (Å²) < 4.78 is 1.93. The van der Waals surface area contributed by atoms with E-state index in [1.165, 1.54) is 12.8 Å². The zero-order valence-electron chi connectivity index (χ0n) is 12.0. The Morgan fingerprint density at radius 2 is 2.05 bits per heavy atom. The molecule has 0 bridgehead atoms. The van der Waals surface area contributed by atoms with Gasteiger partial charge in [-0.15, -0.1) is 0 Å². The van der Waals surface area contributed by atoms with E-state index in [1.54, 1.807) is 6.07 Å². The van der Waals surface area contributed by atoms with Gasteiger partial charge in [-0.05, 0) is 49.2 Å². The van der Waals surface area contributed by atoms with E-state index in [1.807, 2.05) is 28.8 Å². The summed E-state index contributed by atoms with van der Waals surface area (Å²) in [5.74, 6) is 0.743. The lowest BCUT2D eigenvalue weighted by atomic mass is 10.1. The molecule has 1 fully saturated rings. The Morgan fingerprint density at radius 1 is 1.25 bits per heavy atom. The molecule has 0 amide bonds. The fourth-order valence-corrected chi connectivity index (χ4v) is 2.84. The highest BCUT2D eigenvalue weighted by atomic mass is 16.1. The minimum atomic E-state index is 0.104. The Labute approximate surface area is 119 Å². The van der Waals surface area contributed by atoms with E-state index < -0.39 is 0 Å². The van der Waals surface area contributed by atoms with Gasteiger partial charge in [0.15, 0.2) is 0 Å². The van der Waals surface area contributed by atoms with E-state index in [0.29, 0.717) is 6.04 Å². The van der Waals surface area contributed by atoms with E-state index in [0.717, 1.165) is 36.3 Å². The minimum Gasteiger partial charge on any atom is -0.312 e. The number of pyridine rings is 1. The van der Waals surface area contributed by atoms with Crippen molar-refractivity contribution in [3.63, 3.8) is 0 Å². The van der Waals surface area contributed by atoms with Crippen LogP contribution in [0.15, 0.2) is 41.2 Å². The molecular formula is C17H22N2O. The number of rotatable bonds is 6. The molecular weight excluding hydrogens is 248 g/mol. The lowest BCUT2D eigenvalue weighted by Crippen LogP contribution is -2.38. The van der Waals surface area contributed by atoms with Crippen LogP contribution in [0, 0.1) is 5.92 Å². The lowest BCUT2D eigenvalue weighted by molar-refractivity contribution is 0.408. The van der Waals surface area contributed by atoms with Crippen LogP contribution in [0.25, 0.3) is 10.9 Å². The van der Waals surface area contributed by atoms with Gasteiger partial charge in [0.05, 0.1) is 5.52 Å². The second-order valence-electron chi connectivity index (χ2n) is 5.74. The van der Waals surface area contributed by atoms with Crippen LogP contribution in [-0.2, 0) is 6.54 Å². The zero-order valence-corrected chi connectivity index (χ0v) is 12.0. The van der Waals surface area contributed by atoms with Crippen molar-refractivity contribution < 1.29 is 0 Å². The molecule has 0 aliphatic heterocycles. The molecule has 1 heterocycles. The van der Waals surface area contributed by atoms with Gasteiger partial charge in [0.1, 0.15) is 0 Å². The van der Waals surface area contributed by atoms with E-state index in [2.05, 4.69) is 18.3 Å². The van der Waals surface area contributed by atoms with Gasteiger partial charge in [-0.2, -0.15) is 0 Å². The van der Waals surface area contributed by atoms with E-state index in [4.69, 9.17) is 0 Å². The smallest absolute Gasteiger partial charge is 0.251 e. The molecule has 1 aliphatic carbocycles. The summed E-state index contributed by atoms with van der Waals surface area (Å²) in [6.07, 6.45) is 3.72. The Morgan fingerprint density at radius 3 is 2.80 bits per heavy atom. The maximum atomic E-state index is 12.2. The summed E-state index contributed by atoms with van der Waals surface area (Å²) in [5, 5.41) is 4.75. The first-order chi connectivity index (χ1) is 9.79. The average molecular weight is 270 g/mol. The van der Waals surface area contributed by atoms with Crippen LogP contribution in [0.3, 0.4) is 0 Å². The summed E-state index contributed by atoms with van der Waals surface area (Å²) in [7, 11) is 0. The molecule has 1 aliphatic rings. The summed E-state index contributed by atoms with van der Waals surface area (Å²) in [4.78, 5) is 12.2. The number of para-hydroxylation sites is 1. The highest BCUT2D eigenvalue weighted by molar-refractivity contribution is 5.78. The standard InChI is InChI=1S/C17H22N2O/c1-2-11-18-15(13-7-8-13)12-19-16-6-4-3-5-14(16)9-10-17(19)20/h3-6,9-10,13,15,18H,2,7-8,11-12H2,1H3. The fraction of sp³-hybridized carbons (Fsp3) is 0.471. The molecule has 1 atom stereocenters. The molecule has 1 aromatic heterocycles. The average Bonchev–Trinajstić information content (AvgIpc) is 3.30. The predicted octanol–water partition coefficient (Wildman–Crippen LogP) is 2.78. The Kier molecular flexibility index (Phi) is 3.88. The van der Waals surface area contributed by atoms with Crippen molar-refractivity contribution in [2.24, 2.45) is 5.92 Å². The van der Waals surface area contributed by atoms with Crippen LogP contribution in [0.5, 0.6) is 0 Å². The van der Waals surface area contributed by atoms with E-state index in [9.17, 15) is 4.79 Å².